The zero-order valence-corrected chi connectivity index (χ0v) is 18.6. The molecule has 0 radical (unpaired) electrons. The molecule has 1 fully saturated rings. The third-order valence-corrected chi connectivity index (χ3v) is 5.62. The smallest absolute Gasteiger partial charge is 0.322 e. The van der Waals surface area contributed by atoms with Crippen LogP contribution in [-0.4, -0.2) is 55.4 Å². The van der Waals surface area contributed by atoms with Crippen LogP contribution in [0.2, 0.25) is 5.02 Å². The number of piperazine rings is 1. The van der Waals surface area contributed by atoms with E-state index < -0.39 is 0 Å². The summed E-state index contributed by atoms with van der Waals surface area (Å²) in [4.78, 5) is 17.9. The molecule has 2 aromatic carbocycles. The number of hydrogen-bond donors (Lipinski definition) is 1. The Hall–Kier alpha value is -3.26. The summed E-state index contributed by atoms with van der Waals surface area (Å²) in [6, 6.07) is 14.1. The molecule has 1 aromatic heterocycles. The maximum atomic E-state index is 6.24. The SMILES string of the molecule is COc1ccc(N2CCN(c3nc(Nc4ccc(C)c(Cl)c4)nc(OC)n3)CC2)cc1. The quantitative estimate of drug-likeness (QED) is 0.618. The first-order valence-electron chi connectivity index (χ1n) is 10.0. The van der Waals surface area contributed by atoms with Gasteiger partial charge in [0.25, 0.3) is 0 Å². The van der Waals surface area contributed by atoms with Gasteiger partial charge < -0.3 is 24.6 Å². The molecular formula is C22H25ClN6O2. The third kappa shape index (κ3) is 4.91. The van der Waals surface area contributed by atoms with Crippen molar-refractivity contribution in [2.75, 3.05) is 55.5 Å². The third-order valence-electron chi connectivity index (χ3n) is 5.21. The first kappa shape index (κ1) is 21.0. The van der Waals surface area contributed by atoms with E-state index in [1.54, 1.807) is 14.2 Å². The molecule has 0 spiro atoms. The fraction of sp³-hybridized carbons (Fsp3) is 0.318. The number of halogens is 1. The summed E-state index contributed by atoms with van der Waals surface area (Å²) in [6.07, 6.45) is 0. The van der Waals surface area contributed by atoms with Gasteiger partial charge in [0.1, 0.15) is 5.75 Å². The summed E-state index contributed by atoms with van der Waals surface area (Å²) in [6.45, 7) is 5.25. The number of nitrogens with zero attached hydrogens (tertiary/aromatic N) is 5. The minimum atomic E-state index is 0.267. The van der Waals surface area contributed by atoms with Crippen molar-refractivity contribution < 1.29 is 9.47 Å². The number of methoxy groups -OCH3 is 2. The van der Waals surface area contributed by atoms with Gasteiger partial charge in [0.2, 0.25) is 11.9 Å². The number of aromatic nitrogens is 3. The van der Waals surface area contributed by atoms with Gasteiger partial charge in [-0.1, -0.05) is 17.7 Å². The van der Waals surface area contributed by atoms with E-state index in [2.05, 4.69) is 42.2 Å². The largest absolute Gasteiger partial charge is 0.497 e. The molecule has 3 aromatic rings. The molecule has 162 valence electrons. The monoisotopic (exact) mass is 440 g/mol. The van der Waals surface area contributed by atoms with Crippen LogP contribution >= 0.6 is 11.6 Å². The minimum absolute atomic E-state index is 0.267. The van der Waals surface area contributed by atoms with Gasteiger partial charge in [-0.25, -0.2) is 0 Å². The second kappa shape index (κ2) is 9.26. The van der Waals surface area contributed by atoms with Gasteiger partial charge in [-0.15, -0.1) is 0 Å². The molecule has 0 atom stereocenters. The van der Waals surface area contributed by atoms with Crippen LogP contribution < -0.4 is 24.6 Å². The second-order valence-corrected chi connectivity index (χ2v) is 7.61. The molecule has 0 bridgehead atoms. The topological polar surface area (TPSA) is 75.6 Å². The van der Waals surface area contributed by atoms with Gasteiger partial charge in [0, 0.05) is 42.6 Å². The van der Waals surface area contributed by atoms with Gasteiger partial charge in [-0.05, 0) is 48.9 Å². The van der Waals surface area contributed by atoms with E-state index in [4.69, 9.17) is 21.1 Å². The molecule has 31 heavy (non-hydrogen) atoms. The van der Waals surface area contributed by atoms with E-state index in [0.717, 1.165) is 43.2 Å². The highest BCUT2D eigenvalue weighted by molar-refractivity contribution is 6.31. The van der Waals surface area contributed by atoms with Crippen molar-refractivity contribution >= 4 is 34.9 Å². The van der Waals surface area contributed by atoms with Crippen molar-refractivity contribution in [1.29, 1.82) is 0 Å². The Kier molecular flexibility index (Phi) is 6.27. The predicted molar refractivity (Wildman–Crippen MR) is 123 cm³/mol. The van der Waals surface area contributed by atoms with Gasteiger partial charge in [-0.3, -0.25) is 0 Å². The second-order valence-electron chi connectivity index (χ2n) is 7.21. The van der Waals surface area contributed by atoms with Gasteiger partial charge in [0.05, 0.1) is 14.2 Å². The summed E-state index contributed by atoms with van der Waals surface area (Å²) in [5.41, 5.74) is 2.99. The number of aryl methyl sites for hydroxylation is 1. The lowest BCUT2D eigenvalue weighted by molar-refractivity contribution is 0.378. The number of rotatable bonds is 6. The molecule has 9 heteroatoms. The normalized spacial score (nSPS) is 13.8. The zero-order valence-electron chi connectivity index (χ0n) is 17.8. The molecule has 1 aliphatic heterocycles. The molecule has 0 amide bonds. The fourth-order valence-electron chi connectivity index (χ4n) is 3.39. The highest BCUT2D eigenvalue weighted by Gasteiger charge is 2.21. The molecule has 1 N–H and O–H groups in total. The zero-order chi connectivity index (χ0) is 21.8. The van der Waals surface area contributed by atoms with Crippen LogP contribution in [0.1, 0.15) is 5.56 Å². The summed E-state index contributed by atoms with van der Waals surface area (Å²) >= 11 is 6.24. The molecule has 0 unspecified atom stereocenters. The number of ether oxygens (including phenoxy) is 2. The Morgan fingerprint density at radius 1 is 0.871 bits per heavy atom. The van der Waals surface area contributed by atoms with E-state index in [9.17, 15) is 0 Å². The van der Waals surface area contributed by atoms with Crippen molar-refractivity contribution in [3.05, 3.63) is 53.1 Å². The van der Waals surface area contributed by atoms with Crippen LogP contribution in [0.5, 0.6) is 11.8 Å². The number of benzene rings is 2. The van der Waals surface area contributed by atoms with Crippen LogP contribution in [0.25, 0.3) is 0 Å². The maximum Gasteiger partial charge on any atom is 0.322 e. The predicted octanol–water partition coefficient (Wildman–Crippen LogP) is 3.92. The maximum absolute atomic E-state index is 6.24. The number of anilines is 4. The van der Waals surface area contributed by atoms with Crippen LogP contribution in [0.4, 0.5) is 23.3 Å². The van der Waals surface area contributed by atoms with E-state index >= 15 is 0 Å². The molecule has 0 saturated carbocycles. The standard InChI is InChI=1S/C22H25ClN6O2/c1-15-4-5-16(14-19(15)23)24-20-25-21(27-22(26-20)31-3)29-12-10-28(11-13-29)17-6-8-18(30-2)9-7-17/h4-9,14H,10-13H2,1-3H3,(H,24,25,26,27). The molecule has 8 nitrogen and oxygen atoms in total. The van der Waals surface area contributed by atoms with Gasteiger partial charge >= 0.3 is 6.01 Å². The van der Waals surface area contributed by atoms with Crippen molar-refractivity contribution in [1.82, 2.24) is 15.0 Å². The Balaban J connectivity index is 1.47. The highest BCUT2D eigenvalue weighted by atomic mass is 35.5. The Bertz CT molecular complexity index is 1040. The molecule has 0 aliphatic carbocycles. The molecular weight excluding hydrogens is 416 g/mol. The Labute approximate surface area is 186 Å². The van der Waals surface area contributed by atoms with Crippen LogP contribution in [-0.2, 0) is 0 Å². The minimum Gasteiger partial charge on any atom is -0.497 e. The van der Waals surface area contributed by atoms with E-state index in [0.29, 0.717) is 16.9 Å². The molecule has 4 rings (SSSR count). The van der Waals surface area contributed by atoms with E-state index in [1.165, 1.54) is 5.69 Å². The number of nitrogens with one attached hydrogen (secondary N) is 1. The van der Waals surface area contributed by atoms with Gasteiger partial charge in [-0.2, -0.15) is 15.0 Å². The summed E-state index contributed by atoms with van der Waals surface area (Å²) < 4.78 is 10.5. The van der Waals surface area contributed by atoms with E-state index in [-0.39, 0.29) is 6.01 Å². The molecule has 1 saturated heterocycles. The first-order valence-corrected chi connectivity index (χ1v) is 10.4. The first-order chi connectivity index (χ1) is 15.1. The average molecular weight is 441 g/mol. The van der Waals surface area contributed by atoms with Crippen molar-refractivity contribution in [3.63, 3.8) is 0 Å². The van der Waals surface area contributed by atoms with Crippen LogP contribution in [0.15, 0.2) is 42.5 Å². The fourth-order valence-corrected chi connectivity index (χ4v) is 3.57. The lowest BCUT2D eigenvalue weighted by atomic mass is 10.2. The number of hydrogen-bond acceptors (Lipinski definition) is 8. The van der Waals surface area contributed by atoms with Crippen LogP contribution in [0, 0.1) is 6.92 Å². The highest BCUT2D eigenvalue weighted by Crippen LogP contribution is 2.25. The summed E-state index contributed by atoms with van der Waals surface area (Å²) in [5.74, 6) is 1.86. The average Bonchev–Trinajstić information content (AvgIpc) is 2.81. The lowest BCUT2D eigenvalue weighted by Crippen LogP contribution is -2.47. The molecule has 1 aliphatic rings. The van der Waals surface area contributed by atoms with Crippen molar-refractivity contribution in [3.8, 4) is 11.8 Å². The van der Waals surface area contributed by atoms with Crippen molar-refractivity contribution in [2.45, 2.75) is 6.92 Å². The van der Waals surface area contributed by atoms with Crippen molar-refractivity contribution in [2.24, 2.45) is 0 Å². The van der Waals surface area contributed by atoms with Crippen LogP contribution in [0.3, 0.4) is 0 Å². The summed E-state index contributed by atoms with van der Waals surface area (Å²) in [5, 5.41) is 3.88. The Morgan fingerprint density at radius 2 is 1.58 bits per heavy atom. The van der Waals surface area contributed by atoms with E-state index in [1.807, 2.05) is 37.3 Å². The lowest BCUT2D eigenvalue weighted by Gasteiger charge is -2.36. The molecule has 2 heterocycles. The van der Waals surface area contributed by atoms with Gasteiger partial charge in [0.15, 0.2) is 0 Å². The summed E-state index contributed by atoms with van der Waals surface area (Å²) in [7, 11) is 3.22. The Morgan fingerprint density at radius 3 is 2.23 bits per heavy atom.